The lowest BCUT2D eigenvalue weighted by molar-refractivity contribution is -0.137. The number of hydrogen-bond donors (Lipinski definition) is 2. The molecule has 0 radical (unpaired) electrons. The van der Waals surface area contributed by atoms with Gasteiger partial charge in [0.15, 0.2) is 0 Å². The van der Waals surface area contributed by atoms with Gasteiger partial charge in [0.25, 0.3) is 0 Å². The van der Waals surface area contributed by atoms with Crippen molar-refractivity contribution in [3.8, 4) is 0 Å². The Bertz CT molecular complexity index is 448. The number of rotatable bonds is 3. The summed E-state index contributed by atoms with van der Waals surface area (Å²) in [6.07, 6.45) is 1.21. The Labute approximate surface area is 114 Å². The number of aliphatic carboxylic acids is 1. The maximum atomic E-state index is 11.1. The first-order valence-corrected chi connectivity index (χ1v) is 6.85. The van der Waals surface area contributed by atoms with Crippen molar-refractivity contribution < 1.29 is 9.90 Å². The number of para-hydroxylation sites is 1. The summed E-state index contributed by atoms with van der Waals surface area (Å²) in [5.41, 5.74) is 2.36. The largest absolute Gasteiger partial charge is 0.481 e. The quantitative estimate of drug-likeness (QED) is 0.875. The van der Waals surface area contributed by atoms with Crippen molar-refractivity contribution in [1.29, 1.82) is 0 Å². The van der Waals surface area contributed by atoms with E-state index in [2.05, 4.69) is 36.2 Å². The van der Waals surface area contributed by atoms with E-state index in [9.17, 15) is 4.79 Å². The number of benzene rings is 1. The average Bonchev–Trinajstić information content (AvgIpc) is 2.53. The Morgan fingerprint density at radius 3 is 2.89 bits per heavy atom. The van der Waals surface area contributed by atoms with Crippen molar-refractivity contribution in [1.82, 2.24) is 5.32 Å². The van der Waals surface area contributed by atoms with E-state index in [0.717, 1.165) is 25.2 Å². The number of carbonyl (C=O) groups is 1. The summed E-state index contributed by atoms with van der Waals surface area (Å²) < 4.78 is 0. The molecule has 1 aliphatic heterocycles. The van der Waals surface area contributed by atoms with E-state index in [1.807, 2.05) is 12.1 Å². The molecule has 2 atom stereocenters. The Morgan fingerprint density at radius 2 is 2.21 bits per heavy atom. The third-order valence-electron chi connectivity index (χ3n) is 3.78. The van der Waals surface area contributed by atoms with Gasteiger partial charge in [-0.05, 0) is 31.9 Å². The van der Waals surface area contributed by atoms with Gasteiger partial charge in [-0.2, -0.15) is 0 Å². The van der Waals surface area contributed by atoms with E-state index in [-0.39, 0.29) is 12.5 Å². The summed E-state index contributed by atoms with van der Waals surface area (Å²) in [6.45, 7) is 5.85. The number of carboxylic acid groups (broad SMARTS) is 1. The Morgan fingerprint density at radius 1 is 1.47 bits per heavy atom. The predicted molar refractivity (Wildman–Crippen MR) is 76.6 cm³/mol. The highest BCUT2D eigenvalue weighted by Crippen LogP contribution is 2.24. The average molecular weight is 262 g/mol. The minimum Gasteiger partial charge on any atom is -0.481 e. The van der Waals surface area contributed by atoms with Gasteiger partial charge in [0.05, 0.1) is 12.5 Å². The topological polar surface area (TPSA) is 52.6 Å². The zero-order valence-electron chi connectivity index (χ0n) is 11.6. The van der Waals surface area contributed by atoms with E-state index in [1.165, 1.54) is 5.56 Å². The highest BCUT2D eigenvalue weighted by molar-refractivity contribution is 5.69. The zero-order chi connectivity index (χ0) is 13.8. The summed E-state index contributed by atoms with van der Waals surface area (Å²) in [5.74, 6) is -0.736. The Hall–Kier alpha value is -1.55. The molecule has 0 bridgehead atoms. The zero-order valence-corrected chi connectivity index (χ0v) is 11.6. The van der Waals surface area contributed by atoms with Crippen LogP contribution < -0.4 is 10.2 Å². The standard InChI is InChI=1S/C15H22N2O2/c1-11-5-3-4-6-14(11)17-8-7-12(2)16-10-13(17)9-15(18)19/h3-6,12-13,16H,7-10H2,1-2H3,(H,18,19). The second-order valence-corrected chi connectivity index (χ2v) is 5.33. The van der Waals surface area contributed by atoms with Crippen molar-refractivity contribution in [2.75, 3.05) is 18.0 Å². The molecular weight excluding hydrogens is 240 g/mol. The first kappa shape index (κ1) is 13.9. The summed E-state index contributed by atoms with van der Waals surface area (Å²) in [6, 6.07) is 8.65. The first-order valence-electron chi connectivity index (χ1n) is 6.85. The molecule has 0 aliphatic carbocycles. The van der Waals surface area contributed by atoms with Gasteiger partial charge in [-0.15, -0.1) is 0 Å². The van der Waals surface area contributed by atoms with Crippen molar-refractivity contribution in [3.63, 3.8) is 0 Å². The SMILES string of the molecule is Cc1ccccc1N1CCC(C)NCC1CC(=O)O. The maximum Gasteiger partial charge on any atom is 0.305 e. The van der Waals surface area contributed by atoms with Crippen LogP contribution in [0.25, 0.3) is 0 Å². The molecule has 1 fully saturated rings. The normalized spacial score (nSPS) is 24.0. The monoisotopic (exact) mass is 262 g/mol. The van der Waals surface area contributed by atoms with Gasteiger partial charge in [0.2, 0.25) is 0 Å². The number of anilines is 1. The highest BCUT2D eigenvalue weighted by Gasteiger charge is 2.26. The molecule has 1 aromatic rings. The van der Waals surface area contributed by atoms with Crippen molar-refractivity contribution in [2.24, 2.45) is 0 Å². The molecule has 1 aromatic carbocycles. The van der Waals surface area contributed by atoms with Crippen LogP contribution in [0.1, 0.15) is 25.3 Å². The molecule has 0 aromatic heterocycles. The molecule has 4 nitrogen and oxygen atoms in total. The van der Waals surface area contributed by atoms with Gasteiger partial charge in [-0.25, -0.2) is 0 Å². The van der Waals surface area contributed by atoms with Crippen LogP contribution in [-0.2, 0) is 4.79 Å². The smallest absolute Gasteiger partial charge is 0.305 e. The van der Waals surface area contributed by atoms with Gasteiger partial charge in [0, 0.05) is 24.8 Å². The number of hydrogen-bond acceptors (Lipinski definition) is 3. The molecular formula is C15H22N2O2. The molecule has 1 saturated heterocycles. The predicted octanol–water partition coefficient (Wildman–Crippen LogP) is 2.03. The molecule has 104 valence electrons. The molecule has 2 N–H and O–H groups in total. The lowest BCUT2D eigenvalue weighted by Crippen LogP contribution is -2.42. The summed E-state index contributed by atoms with van der Waals surface area (Å²) >= 11 is 0. The Kier molecular flexibility index (Phi) is 4.43. The third kappa shape index (κ3) is 3.47. The maximum absolute atomic E-state index is 11.1. The van der Waals surface area contributed by atoms with E-state index >= 15 is 0 Å². The van der Waals surface area contributed by atoms with Crippen LogP contribution >= 0.6 is 0 Å². The van der Waals surface area contributed by atoms with E-state index in [1.54, 1.807) is 0 Å². The molecule has 4 heteroatoms. The second-order valence-electron chi connectivity index (χ2n) is 5.33. The number of carboxylic acids is 1. The lowest BCUT2D eigenvalue weighted by Gasteiger charge is -2.32. The van der Waals surface area contributed by atoms with Crippen LogP contribution in [0.5, 0.6) is 0 Å². The summed E-state index contributed by atoms with van der Waals surface area (Å²) in [5, 5.41) is 12.5. The first-order chi connectivity index (χ1) is 9.08. The van der Waals surface area contributed by atoms with Gasteiger partial charge in [-0.3, -0.25) is 4.79 Å². The van der Waals surface area contributed by atoms with E-state index in [0.29, 0.717) is 6.04 Å². The third-order valence-corrected chi connectivity index (χ3v) is 3.78. The Balaban J connectivity index is 2.26. The highest BCUT2D eigenvalue weighted by atomic mass is 16.4. The van der Waals surface area contributed by atoms with Gasteiger partial charge in [0.1, 0.15) is 0 Å². The second kappa shape index (κ2) is 6.06. The van der Waals surface area contributed by atoms with Crippen LogP contribution in [0.4, 0.5) is 5.69 Å². The lowest BCUT2D eigenvalue weighted by atomic mass is 10.1. The van der Waals surface area contributed by atoms with Crippen LogP contribution in [0, 0.1) is 6.92 Å². The van der Waals surface area contributed by atoms with Crippen molar-refractivity contribution >= 4 is 11.7 Å². The summed E-state index contributed by atoms with van der Waals surface area (Å²) in [4.78, 5) is 13.3. The van der Waals surface area contributed by atoms with Gasteiger partial charge in [-0.1, -0.05) is 18.2 Å². The fraction of sp³-hybridized carbons (Fsp3) is 0.533. The molecule has 19 heavy (non-hydrogen) atoms. The molecule has 0 amide bonds. The van der Waals surface area contributed by atoms with Gasteiger partial charge >= 0.3 is 5.97 Å². The minimum absolute atomic E-state index is 0.0172. The summed E-state index contributed by atoms with van der Waals surface area (Å²) in [7, 11) is 0. The number of aryl methyl sites for hydroxylation is 1. The van der Waals surface area contributed by atoms with E-state index in [4.69, 9.17) is 5.11 Å². The molecule has 0 saturated carbocycles. The number of nitrogens with one attached hydrogen (secondary N) is 1. The van der Waals surface area contributed by atoms with Crippen LogP contribution in [0.2, 0.25) is 0 Å². The molecule has 2 rings (SSSR count). The molecule has 1 aliphatic rings. The molecule has 0 spiro atoms. The fourth-order valence-corrected chi connectivity index (χ4v) is 2.65. The van der Waals surface area contributed by atoms with Gasteiger partial charge < -0.3 is 15.3 Å². The van der Waals surface area contributed by atoms with Crippen molar-refractivity contribution in [2.45, 2.75) is 38.8 Å². The van der Waals surface area contributed by atoms with Crippen LogP contribution in [0.3, 0.4) is 0 Å². The van der Waals surface area contributed by atoms with Crippen molar-refractivity contribution in [3.05, 3.63) is 29.8 Å². The fourth-order valence-electron chi connectivity index (χ4n) is 2.65. The van der Waals surface area contributed by atoms with Crippen LogP contribution in [0.15, 0.2) is 24.3 Å². The molecule has 2 unspecified atom stereocenters. The van der Waals surface area contributed by atoms with Crippen LogP contribution in [-0.4, -0.2) is 36.2 Å². The minimum atomic E-state index is -0.736. The van der Waals surface area contributed by atoms with E-state index < -0.39 is 5.97 Å². The number of nitrogens with zero attached hydrogens (tertiary/aromatic N) is 1. The molecule has 1 heterocycles.